The van der Waals surface area contributed by atoms with E-state index in [1.54, 1.807) is 0 Å². The van der Waals surface area contributed by atoms with Crippen LogP contribution in [0.3, 0.4) is 0 Å². The first-order valence-electron chi connectivity index (χ1n) is 6.68. The van der Waals surface area contributed by atoms with Gasteiger partial charge < -0.3 is 9.84 Å². The van der Waals surface area contributed by atoms with Gasteiger partial charge in [0.15, 0.2) is 0 Å². The van der Waals surface area contributed by atoms with Crippen LogP contribution in [-0.2, 0) is 11.2 Å². The van der Waals surface area contributed by atoms with E-state index in [1.165, 1.54) is 10.0 Å². The largest absolute Gasteiger partial charge is 0.394 e. The SMILES string of the molecule is CC.CCCOCCO.CCc1ccccc1Br. The van der Waals surface area contributed by atoms with E-state index in [1.807, 2.05) is 26.8 Å². The monoisotopic (exact) mass is 318 g/mol. The lowest BCUT2D eigenvalue weighted by Crippen LogP contribution is -1.98. The molecule has 1 aromatic rings. The Bertz CT molecular complexity index is 260. The van der Waals surface area contributed by atoms with Gasteiger partial charge in [-0.3, -0.25) is 0 Å². The van der Waals surface area contributed by atoms with Gasteiger partial charge in [-0.1, -0.05) is 61.8 Å². The molecule has 0 bridgehead atoms. The highest BCUT2D eigenvalue weighted by atomic mass is 79.9. The molecule has 2 nitrogen and oxygen atoms in total. The Labute approximate surface area is 121 Å². The highest BCUT2D eigenvalue weighted by Crippen LogP contribution is 2.15. The summed E-state index contributed by atoms with van der Waals surface area (Å²) >= 11 is 3.46. The number of halogens is 1. The van der Waals surface area contributed by atoms with E-state index in [9.17, 15) is 0 Å². The zero-order valence-corrected chi connectivity index (χ0v) is 13.7. The van der Waals surface area contributed by atoms with E-state index in [2.05, 4.69) is 41.1 Å². The van der Waals surface area contributed by atoms with Crippen molar-refractivity contribution in [1.29, 1.82) is 0 Å². The number of aryl methyl sites for hydroxylation is 1. The summed E-state index contributed by atoms with van der Waals surface area (Å²) in [6, 6.07) is 8.29. The van der Waals surface area contributed by atoms with Crippen LogP contribution >= 0.6 is 15.9 Å². The standard InChI is InChI=1S/C8H9Br.C5H12O2.C2H6/c1-2-7-5-3-4-6-8(7)9;1-2-4-7-5-3-6;1-2/h3-6H,2H2,1H3;6H,2-5H2,1H3;1-2H3. The Morgan fingerprint density at radius 2 is 1.72 bits per heavy atom. The smallest absolute Gasteiger partial charge is 0.0697 e. The van der Waals surface area contributed by atoms with Gasteiger partial charge in [0.25, 0.3) is 0 Å². The van der Waals surface area contributed by atoms with Gasteiger partial charge in [-0.25, -0.2) is 0 Å². The van der Waals surface area contributed by atoms with Crippen molar-refractivity contribution >= 4 is 15.9 Å². The Morgan fingerprint density at radius 1 is 1.11 bits per heavy atom. The fraction of sp³-hybridized carbons (Fsp3) is 0.600. The lowest BCUT2D eigenvalue weighted by molar-refractivity contribution is 0.0928. The van der Waals surface area contributed by atoms with Gasteiger partial charge in [0.05, 0.1) is 13.2 Å². The highest BCUT2D eigenvalue weighted by Gasteiger charge is 1.91. The molecule has 0 saturated heterocycles. The van der Waals surface area contributed by atoms with Crippen LogP contribution in [0.4, 0.5) is 0 Å². The van der Waals surface area contributed by atoms with Crippen molar-refractivity contribution in [2.24, 2.45) is 0 Å². The van der Waals surface area contributed by atoms with Crippen LogP contribution < -0.4 is 0 Å². The molecule has 0 radical (unpaired) electrons. The molecule has 0 aliphatic heterocycles. The molecule has 0 aromatic heterocycles. The molecule has 0 atom stereocenters. The maximum absolute atomic E-state index is 8.17. The van der Waals surface area contributed by atoms with E-state index in [4.69, 9.17) is 9.84 Å². The van der Waals surface area contributed by atoms with Gasteiger partial charge in [-0.05, 0) is 24.5 Å². The summed E-state index contributed by atoms with van der Waals surface area (Å²) in [5.41, 5.74) is 1.37. The van der Waals surface area contributed by atoms with Crippen LogP contribution in [0.5, 0.6) is 0 Å². The Morgan fingerprint density at radius 3 is 2.11 bits per heavy atom. The van der Waals surface area contributed by atoms with Crippen LogP contribution in [0.15, 0.2) is 28.7 Å². The maximum atomic E-state index is 8.17. The predicted molar refractivity (Wildman–Crippen MR) is 83.1 cm³/mol. The van der Waals surface area contributed by atoms with Crippen LogP contribution in [0.2, 0.25) is 0 Å². The first-order valence-corrected chi connectivity index (χ1v) is 7.47. The number of ether oxygens (including phenoxy) is 1. The summed E-state index contributed by atoms with van der Waals surface area (Å²) in [4.78, 5) is 0. The normalized spacial score (nSPS) is 8.78. The second-order valence-corrected chi connectivity index (χ2v) is 4.14. The molecule has 0 saturated carbocycles. The number of hydrogen-bond donors (Lipinski definition) is 1. The minimum absolute atomic E-state index is 0.139. The van der Waals surface area contributed by atoms with E-state index in [0.717, 1.165) is 19.4 Å². The molecule has 0 aliphatic rings. The summed E-state index contributed by atoms with van der Waals surface area (Å²) in [6.07, 6.45) is 2.13. The van der Waals surface area contributed by atoms with Crippen molar-refractivity contribution < 1.29 is 9.84 Å². The number of aliphatic hydroxyl groups is 1. The van der Waals surface area contributed by atoms with Gasteiger partial charge in [-0.2, -0.15) is 0 Å². The Balaban J connectivity index is 0. The van der Waals surface area contributed by atoms with Crippen molar-refractivity contribution in [3.05, 3.63) is 34.3 Å². The third kappa shape index (κ3) is 12.1. The van der Waals surface area contributed by atoms with Crippen molar-refractivity contribution in [1.82, 2.24) is 0 Å². The van der Waals surface area contributed by atoms with E-state index >= 15 is 0 Å². The lowest BCUT2D eigenvalue weighted by atomic mass is 10.2. The molecule has 0 unspecified atom stereocenters. The van der Waals surface area contributed by atoms with Crippen LogP contribution in [0.1, 0.15) is 39.7 Å². The fourth-order valence-electron chi connectivity index (χ4n) is 1.10. The lowest BCUT2D eigenvalue weighted by Gasteiger charge is -1.96. The third-order valence-corrected chi connectivity index (χ3v) is 2.70. The molecular formula is C15H27BrO2. The van der Waals surface area contributed by atoms with Gasteiger partial charge in [-0.15, -0.1) is 0 Å². The third-order valence-electron chi connectivity index (χ3n) is 1.92. The van der Waals surface area contributed by atoms with Crippen LogP contribution in [0.25, 0.3) is 0 Å². The van der Waals surface area contributed by atoms with Gasteiger partial charge in [0.2, 0.25) is 0 Å². The summed E-state index contributed by atoms with van der Waals surface area (Å²) in [6.45, 7) is 9.58. The summed E-state index contributed by atoms with van der Waals surface area (Å²) in [7, 11) is 0. The maximum Gasteiger partial charge on any atom is 0.0697 e. The van der Waals surface area contributed by atoms with Crippen molar-refractivity contribution in [2.45, 2.75) is 40.5 Å². The molecule has 106 valence electrons. The van der Waals surface area contributed by atoms with Crippen molar-refractivity contribution in [2.75, 3.05) is 19.8 Å². The van der Waals surface area contributed by atoms with Gasteiger partial charge >= 0.3 is 0 Å². The minimum Gasteiger partial charge on any atom is -0.394 e. The molecular weight excluding hydrogens is 292 g/mol. The summed E-state index contributed by atoms with van der Waals surface area (Å²) in [5.74, 6) is 0. The fourth-order valence-corrected chi connectivity index (χ4v) is 1.66. The Hall–Kier alpha value is -0.380. The molecule has 1 rings (SSSR count). The first-order chi connectivity index (χ1) is 8.76. The molecule has 0 heterocycles. The first kappa shape index (κ1) is 19.9. The summed E-state index contributed by atoms with van der Waals surface area (Å²) in [5, 5.41) is 8.17. The zero-order valence-electron chi connectivity index (χ0n) is 12.1. The summed E-state index contributed by atoms with van der Waals surface area (Å²) < 4.78 is 6.10. The molecule has 1 N–H and O–H groups in total. The molecule has 3 heteroatoms. The number of hydrogen-bond acceptors (Lipinski definition) is 2. The topological polar surface area (TPSA) is 29.5 Å². The van der Waals surface area contributed by atoms with E-state index < -0.39 is 0 Å². The number of aliphatic hydroxyl groups excluding tert-OH is 1. The average molecular weight is 319 g/mol. The zero-order chi connectivity index (χ0) is 14.2. The number of rotatable bonds is 5. The van der Waals surface area contributed by atoms with Crippen LogP contribution in [-0.4, -0.2) is 24.9 Å². The molecule has 0 fully saturated rings. The van der Waals surface area contributed by atoms with Crippen molar-refractivity contribution in [3.8, 4) is 0 Å². The molecule has 1 aromatic carbocycles. The average Bonchev–Trinajstić information content (AvgIpc) is 2.43. The minimum atomic E-state index is 0.139. The predicted octanol–water partition coefficient (Wildman–Crippen LogP) is 4.44. The van der Waals surface area contributed by atoms with E-state index in [0.29, 0.717) is 6.61 Å². The van der Waals surface area contributed by atoms with Gasteiger partial charge in [0, 0.05) is 11.1 Å². The quantitative estimate of drug-likeness (QED) is 0.813. The van der Waals surface area contributed by atoms with E-state index in [-0.39, 0.29) is 6.61 Å². The molecule has 18 heavy (non-hydrogen) atoms. The molecule has 0 aliphatic carbocycles. The van der Waals surface area contributed by atoms with Crippen LogP contribution in [0, 0.1) is 0 Å². The molecule has 0 amide bonds. The second kappa shape index (κ2) is 16.6. The van der Waals surface area contributed by atoms with Crippen molar-refractivity contribution in [3.63, 3.8) is 0 Å². The molecule has 0 spiro atoms. The Kier molecular flexibility index (Phi) is 18.4. The second-order valence-electron chi connectivity index (χ2n) is 3.28. The van der Waals surface area contributed by atoms with Gasteiger partial charge in [0.1, 0.15) is 0 Å². The highest BCUT2D eigenvalue weighted by molar-refractivity contribution is 9.10. The number of benzene rings is 1.